The lowest BCUT2D eigenvalue weighted by Crippen LogP contribution is -2.30. The Morgan fingerprint density at radius 3 is 2.29 bits per heavy atom. The van der Waals surface area contributed by atoms with Crippen LogP contribution in [0.25, 0.3) is 0 Å². The molecule has 24 heavy (non-hydrogen) atoms. The lowest BCUT2D eigenvalue weighted by Gasteiger charge is -2.21. The van der Waals surface area contributed by atoms with Crippen molar-refractivity contribution in [2.45, 2.75) is 4.90 Å². The number of carboxylic acid groups (broad SMARTS) is 1. The summed E-state index contributed by atoms with van der Waals surface area (Å²) in [6.07, 6.45) is -1.01. The molecule has 0 aliphatic carbocycles. The van der Waals surface area contributed by atoms with E-state index in [-0.39, 0.29) is 17.1 Å². The van der Waals surface area contributed by atoms with Crippen molar-refractivity contribution >= 4 is 52.4 Å². The highest BCUT2D eigenvalue weighted by Gasteiger charge is 2.25. The summed E-state index contributed by atoms with van der Waals surface area (Å²) < 4.78 is 32.5. The number of hydrogen-bond acceptors (Lipinski definition) is 8. The first kappa shape index (κ1) is 20.1. The van der Waals surface area contributed by atoms with Gasteiger partial charge in [-0.2, -0.15) is 0 Å². The van der Waals surface area contributed by atoms with Gasteiger partial charge in [0, 0.05) is 14.1 Å². The molecule has 0 aromatic heterocycles. The smallest absolute Gasteiger partial charge is 0.434 e. The van der Waals surface area contributed by atoms with Crippen LogP contribution in [0.4, 0.5) is 4.79 Å². The summed E-state index contributed by atoms with van der Waals surface area (Å²) in [5.41, 5.74) is 0. The van der Waals surface area contributed by atoms with Gasteiger partial charge in [-0.25, -0.2) is 22.3 Å². The molecular formula is C11H13N3O7S3. The van der Waals surface area contributed by atoms with Crippen molar-refractivity contribution in [1.82, 2.24) is 12.7 Å². The Kier molecular flexibility index (Phi) is 7.34. The number of nitrogens with one attached hydrogen (secondary N) is 1. The highest BCUT2D eigenvalue weighted by atomic mass is 32.3. The molecule has 1 aromatic rings. The first-order valence-corrected chi connectivity index (χ1v) is 8.94. The molecule has 0 spiro atoms. The van der Waals surface area contributed by atoms with Crippen LogP contribution in [0, 0.1) is 0 Å². The summed E-state index contributed by atoms with van der Waals surface area (Å²) in [6, 6.07) is 7.60. The summed E-state index contributed by atoms with van der Waals surface area (Å²) in [5.74, 6) is -3.11. The number of hydrogen-bond donors (Lipinski definition) is 2. The van der Waals surface area contributed by atoms with Crippen molar-refractivity contribution in [2.75, 3.05) is 14.1 Å². The summed E-state index contributed by atoms with van der Waals surface area (Å²) in [6.45, 7) is 0. The number of amides is 2. The van der Waals surface area contributed by atoms with Gasteiger partial charge < -0.3 is 9.29 Å². The average molecular weight is 395 g/mol. The van der Waals surface area contributed by atoms with Crippen LogP contribution in [0.5, 0.6) is 0 Å². The van der Waals surface area contributed by atoms with Crippen molar-refractivity contribution < 1.29 is 32.1 Å². The summed E-state index contributed by atoms with van der Waals surface area (Å²) in [5, 5.41) is 8.32. The first-order valence-electron chi connectivity index (χ1n) is 6.02. The second kappa shape index (κ2) is 8.77. The zero-order valence-corrected chi connectivity index (χ0v) is 14.9. The highest BCUT2D eigenvalue weighted by molar-refractivity contribution is 8.07. The number of carbonyl (C=O) groups is 3. The van der Waals surface area contributed by atoms with E-state index in [9.17, 15) is 22.8 Å². The maximum Gasteiger partial charge on any atom is 0.434 e. The molecular weight excluding hydrogens is 382 g/mol. The molecule has 0 atom stereocenters. The van der Waals surface area contributed by atoms with E-state index in [0.717, 1.165) is 8.02 Å². The summed E-state index contributed by atoms with van der Waals surface area (Å²) in [4.78, 5) is 32.7. The Labute approximate surface area is 146 Å². The predicted molar refractivity (Wildman–Crippen MR) is 86.6 cm³/mol. The topological polar surface area (TPSA) is 133 Å². The van der Waals surface area contributed by atoms with Crippen molar-refractivity contribution in [3.05, 3.63) is 30.3 Å². The Morgan fingerprint density at radius 2 is 1.75 bits per heavy atom. The van der Waals surface area contributed by atoms with E-state index in [1.807, 2.05) is 0 Å². The Hall–Kier alpha value is -1.96. The normalized spacial score (nSPS) is 11.0. The standard InChI is InChI=1S/C11H13N3O7S3/c1-13(11(18)21-22-12-9(15)10(16)17)23-14(2)24(19,20)8-6-4-3-5-7-8/h3-7H,1-2H3,(H,12,15)(H,16,17). The summed E-state index contributed by atoms with van der Waals surface area (Å²) >= 11 is 0.641. The van der Waals surface area contributed by atoms with Gasteiger partial charge in [-0.3, -0.25) is 9.52 Å². The van der Waals surface area contributed by atoms with Gasteiger partial charge in [-0.15, -0.1) is 3.71 Å². The van der Waals surface area contributed by atoms with Crippen LogP contribution in [-0.4, -0.2) is 53.6 Å². The van der Waals surface area contributed by atoms with Crippen molar-refractivity contribution in [2.24, 2.45) is 0 Å². The quantitative estimate of drug-likeness (QED) is 0.405. The fourth-order valence-electron chi connectivity index (χ4n) is 1.18. The van der Waals surface area contributed by atoms with Crippen LogP contribution < -0.4 is 4.72 Å². The number of nitrogens with zero attached hydrogens (tertiary/aromatic N) is 2. The predicted octanol–water partition coefficient (Wildman–Crippen LogP) is 0.703. The molecule has 0 heterocycles. The van der Waals surface area contributed by atoms with Gasteiger partial charge in [-0.05, 0) is 12.1 Å². The van der Waals surface area contributed by atoms with Crippen LogP contribution in [0.15, 0.2) is 35.2 Å². The highest BCUT2D eigenvalue weighted by Crippen LogP contribution is 2.23. The molecule has 0 aliphatic rings. The van der Waals surface area contributed by atoms with Crippen LogP contribution in [0.3, 0.4) is 0 Å². The molecule has 13 heteroatoms. The molecule has 1 aromatic carbocycles. The Morgan fingerprint density at radius 1 is 1.17 bits per heavy atom. The molecule has 10 nitrogen and oxygen atoms in total. The fraction of sp³-hybridized carbons (Fsp3) is 0.182. The van der Waals surface area contributed by atoms with Gasteiger partial charge in [0.25, 0.3) is 10.0 Å². The minimum absolute atomic E-state index is 0.0462. The molecule has 1 rings (SSSR count). The van der Waals surface area contributed by atoms with E-state index >= 15 is 0 Å². The average Bonchev–Trinajstić information content (AvgIpc) is 2.54. The summed E-state index contributed by atoms with van der Waals surface area (Å²) in [7, 11) is -1.33. The molecule has 0 radical (unpaired) electrons. The molecule has 0 bridgehead atoms. The maximum atomic E-state index is 12.3. The van der Waals surface area contributed by atoms with Crippen LogP contribution in [0.1, 0.15) is 0 Å². The van der Waals surface area contributed by atoms with Gasteiger partial charge >= 0.3 is 18.0 Å². The second-order valence-electron chi connectivity index (χ2n) is 3.98. The second-order valence-corrected chi connectivity index (χ2v) is 7.97. The van der Waals surface area contributed by atoms with Crippen LogP contribution >= 0.6 is 24.4 Å². The van der Waals surface area contributed by atoms with Crippen molar-refractivity contribution in [1.29, 1.82) is 0 Å². The maximum absolute atomic E-state index is 12.3. The molecule has 0 fully saturated rings. The van der Waals surface area contributed by atoms with Gasteiger partial charge in [0.05, 0.1) is 17.0 Å². The van der Waals surface area contributed by atoms with E-state index in [4.69, 9.17) is 5.11 Å². The van der Waals surface area contributed by atoms with E-state index < -0.39 is 28.0 Å². The lowest BCUT2D eigenvalue weighted by atomic mass is 10.4. The number of aliphatic carboxylic acids is 1. The number of sulfonamides is 1. The number of carbonyl (C=O) groups excluding carboxylic acids is 2. The van der Waals surface area contributed by atoms with Gasteiger partial charge in [0.1, 0.15) is 0 Å². The van der Waals surface area contributed by atoms with E-state index in [1.165, 1.54) is 26.2 Å². The molecule has 2 N–H and O–H groups in total. The molecule has 0 saturated carbocycles. The van der Waals surface area contributed by atoms with Crippen LogP contribution in [0.2, 0.25) is 0 Å². The van der Waals surface area contributed by atoms with Crippen molar-refractivity contribution in [3.63, 3.8) is 0 Å². The van der Waals surface area contributed by atoms with Crippen LogP contribution in [-0.2, 0) is 23.8 Å². The number of carboxylic acids is 1. The Bertz CT molecular complexity index is 711. The van der Waals surface area contributed by atoms with Gasteiger partial charge in [-0.1, -0.05) is 18.2 Å². The molecule has 2 amide bonds. The third-order valence-corrected chi connectivity index (χ3v) is 5.77. The van der Waals surface area contributed by atoms with Crippen molar-refractivity contribution in [3.8, 4) is 0 Å². The van der Waals surface area contributed by atoms with E-state index in [1.54, 1.807) is 22.9 Å². The minimum atomic E-state index is -3.82. The fourth-order valence-corrected chi connectivity index (χ4v) is 3.77. The monoisotopic (exact) mass is 395 g/mol. The zero-order chi connectivity index (χ0) is 18.3. The molecule has 0 unspecified atom stereocenters. The minimum Gasteiger partial charge on any atom is -0.474 e. The zero-order valence-electron chi connectivity index (χ0n) is 12.4. The Balaban J connectivity index is 2.57. The van der Waals surface area contributed by atoms with Gasteiger partial charge in [0.15, 0.2) is 12.2 Å². The molecule has 132 valence electrons. The lowest BCUT2D eigenvalue weighted by molar-refractivity contribution is -0.149. The first-order chi connectivity index (χ1) is 11.2. The third kappa shape index (κ3) is 5.59. The molecule has 0 saturated heterocycles. The van der Waals surface area contributed by atoms with Gasteiger partial charge in [0.2, 0.25) is 0 Å². The largest absolute Gasteiger partial charge is 0.474 e. The molecule has 0 aliphatic heterocycles. The third-order valence-electron chi connectivity index (χ3n) is 2.32. The number of rotatable bonds is 6. The SMILES string of the molecule is CN(SN(C)S(=O)(=O)c1ccccc1)C(=O)OSNC(=O)C(=O)O. The number of benzene rings is 1. The van der Waals surface area contributed by atoms with E-state index in [0.29, 0.717) is 12.1 Å². The van der Waals surface area contributed by atoms with E-state index in [2.05, 4.69) is 4.18 Å².